The summed E-state index contributed by atoms with van der Waals surface area (Å²) in [5.74, 6) is -1.48. The van der Waals surface area contributed by atoms with E-state index in [-0.39, 0.29) is 12.2 Å². The van der Waals surface area contributed by atoms with Crippen LogP contribution < -0.4 is 4.65 Å². The van der Waals surface area contributed by atoms with E-state index in [0.29, 0.717) is 0 Å². The molecule has 1 heterocycles. The van der Waals surface area contributed by atoms with Crippen LogP contribution in [0.25, 0.3) is 0 Å². The van der Waals surface area contributed by atoms with E-state index in [1.165, 1.54) is 12.3 Å². The van der Waals surface area contributed by atoms with E-state index >= 15 is 0 Å². The van der Waals surface area contributed by atoms with Crippen LogP contribution in [0.5, 0.6) is 0 Å². The first-order chi connectivity index (χ1) is 7.42. The molecule has 0 saturated heterocycles. The zero-order valence-electron chi connectivity index (χ0n) is 9.08. The molecule has 3 nitrogen and oxygen atoms in total. The number of likely N-dealkylation sites (N-methyl/N-ethyl adjacent to an activating group) is 1. The Morgan fingerprint density at radius 1 is 1.31 bits per heavy atom. The van der Waals surface area contributed by atoms with E-state index in [1.54, 1.807) is 4.90 Å². The lowest BCUT2D eigenvalue weighted by molar-refractivity contribution is 0.351. The van der Waals surface area contributed by atoms with Crippen LogP contribution >= 0.6 is 0 Å². The van der Waals surface area contributed by atoms with E-state index in [2.05, 4.69) is 0 Å². The second kappa shape index (κ2) is 3.54. The summed E-state index contributed by atoms with van der Waals surface area (Å²) in [6.07, 6.45) is 1.41. The normalized spacial score (nSPS) is 23.7. The molecule has 0 saturated carbocycles. The number of halogens is 2. The summed E-state index contributed by atoms with van der Waals surface area (Å²) in [7, 11) is 3.63. The number of quaternary nitrogens is 1. The molecule has 1 aromatic carbocycles. The largest absolute Gasteiger partial charge is 0.622 e. The van der Waals surface area contributed by atoms with E-state index in [4.69, 9.17) is 0 Å². The van der Waals surface area contributed by atoms with E-state index in [1.807, 2.05) is 14.1 Å². The first kappa shape index (κ1) is 11.0. The van der Waals surface area contributed by atoms with Crippen molar-refractivity contribution in [3.63, 3.8) is 0 Å². The molecule has 1 unspecified atom stereocenters. The third kappa shape index (κ3) is 1.68. The van der Waals surface area contributed by atoms with Crippen LogP contribution in [-0.2, 0) is 0 Å². The van der Waals surface area contributed by atoms with Crippen molar-refractivity contribution in [3.8, 4) is 0 Å². The molecule has 1 aromatic rings. The topological polar surface area (TPSA) is 26.3 Å². The predicted molar refractivity (Wildman–Crippen MR) is 58.2 cm³/mol. The maximum absolute atomic E-state index is 13.4. The van der Waals surface area contributed by atoms with Crippen molar-refractivity contribution in [2.45, 2.75) is 0 Å². The molecule has 86 valence electrons. The number of rotatable bonds is 2. The van der Waals surface area contributed by atoms with Crippen molar-refractivity contribution < 1.29 is 8.78 Å². The molecule has 1 aliphatic heterocycles. The highest BCUT2D eigenvalue weighted by atomic mass is 19.1. The molecule has 5 heteroatoms. The average molecular weight is 226 g/mol. The smallest absolute Gasteiger partial charge is 0.187 e. The van der Waals surface area contributed by atoms with Crippen LogP contribution in [0.4, 0.5) is 14.5 Å². The maximum Gasteiger partial charge on any atom is 0.187 e. The summed E-state index contributed by atoms with van der Waals surface area (Å²) in [6, 6.07) is 3.02. The Balaban J connectivity index is 2.34. The standard InChI is InChI=1S/C11H12F2N2O/c1-14(2)9-6-15(16,7-9)11-4-3-8(12)5-10(11)13/h3-6H,7H2,1-2H3. The van der Waals surface area contributed by atoms with Crippen LogP contribution in [0.1, 0.15) is 0 Å². The molecule has 0 aliphatic carbocycles. The summed E-state index contributed by atoms with van der Waals surface area (Å²) in [5.41, 5.74) is 0.797. The molecule has 0 radical (unpaired) electrons. The fourth-order valence-corrected chi connectivity index (χ4v) is 1.66. The summed E-state index contributed by atoms with van der Waals surface area (Å²) in [5, 5.41) is 12.1. The lowest BCUT2D eigenvalue weighted by atomic mass is 10.2. The molecule has 0 fully saturated rings. The van der Waals surface area contributed by atoms with Crippen LogP contribution in [0.3, 0.4) is 0 Å². The highest BCUT2D eigenvalue weighted by Crippen LogP contribution is 2.34. The molecule has 0 amide bonds. The Hall–Kier alpha value is -1.46. The number of nitrogens with zero attached hydrogens (tertiary/aromatic N) is 2. The molecule has 0 spiro atoms. The minimum Gasteiger partial charge on any atom is -0.622 e. The highest BCUT2D eigenvalue weighted by molar-refractivity contribution is 5.52. The van der Waals surface area contributed by atoms with Crippen molar-refractivity contribution >= 4 is 5.69 Å². The van der Waals surface area contributed by atoms with Gasteiger partial charge in [-0.3, -0.25) is 4.65 Å². The summed E-state index contributed by atoms with van der Waals surface area (Å²) >= 11 is 0. The molecule has 0 N–H and O–H groups in total. The van der Waals surface area contributed by atoms with Gasteiger partial charge in [0.1, 0.15) is 24.3 Å². The first-order valence-corrected chi connectivity index (χ1v) is 4.86. The molecular formula is C11H12F2N2O. The quantitative estimate of drug-likeness (QED) is 0.570. The molecule has 0 aromatic heterocycles. The van der Waals surface area contributed by atoms with Crippen molar-refractivity contribution in [1.29, 1.82) is 0 Å². The molecule has 1 aliphatic rings. The third-order valence-electron chi connectivity index (χ3n) is 2.65. The molecule has 0 bridgehead atoms. The lowest BCUT2D eigenvalue weighted by Crippen LogP contribution is -2.50. The Bertz CT molecular complexity index is 459. The van der Waals surface area contributed by atoms with Gasteiger partial charge in [0.15, 0.2) is 11.5 Å². The fraction of sp³-hybridized carbons (Fsp3) is 0.273. The molecule has 2 rings (SSSR count). The van der Waals surface area contributed by atoms with Gasteiger partial charge in [-0.15, -0.1) is 0 Å². The van der Waals surface area contributed by atoms with Gasteiger partial charge in [0.25, 0.3) is 0 Å². The SMILES string of the molecule is CN(C)C1=C[N+]([O-])(c2ccc(F)cc2F)C1. The van der Waals surface area contributed by atoms with E-state index in [0.717, 1.165) is 17.8 Å². The monoisotopic (exact) mass is 226 g/mol. The first-order valence-electron chi connectivity index (χ1n) is 4.86. The summed E-state index contributed by atoms with van der Waals surface area (Å²) < 4.78 is 25.2. The van der Waals surface area contributed by atoms with Crippen molar-refractivity contribution in [2.24, 2.45) is 0 Å². The van der Waals surface area contributed by atoms with Crippen molar-refractivity contribution in [3.05, 3.63) is 46.9 Å². The van der Waals surface area contributed by atoms with Gasteiger partial charge in [-0.1, -0.05) is 0 Å². The predicted octanol–water partition coefficient (Wildman–Crippen LogP) is 2.19. The van der Waals surface area contributed by atoms with E-state index < -0.39 is 16.3 Å². The van der Waals surface area contributed by atoms with Gasteiger partial charge < -0.3 is 10.1 Å². The van der Waals surface area contributed by atoms with Gasteiger partial charge in [-0.05, 0) is 6.07 Å². The zero-order chi connectivity index (χ0) is 11.9. The van der Waals surface area contributed by atoms with Gasteiger partial charge in [0.05, 0.1) is 0 Å². The highest BCUT2D eigenvalue weighted by Gasteiger charge is 2.34. The minimum absolute atomic E-state index is 0.0491. The van der Waals surface area contributed by atoms with Crippen LogP contribution in [0, 0.1) is 16.8 Å². The second-order valence-electron chi connectivity index (χ2n) is 4.06. The maximum atomic E-state index is 13.4. The molecule has 1 atom stereocenters. The zero-order valence-corrected chi connectivity index (χ0v) is 9.08. The van der Waals surface area contributed by atoms with Crippen molar-refractivity contribution in [1.82, 2.24) is 9.55 Å². The minimum atomic E-state index is -0.861. The van der Waals surface area contributed by atoms with Crippen molar-refractivity contribution in [2.75, 3.05) is 20.6 Å². The van der Waals surface area contributed by atoms with Gasteiger partial charge in [0, 0.05) is 26.2 Å². The van der Waals surface area contributed by atoms with Crippen LogP contribution in [-0.4, -0.2) is 25.5 Å². The van der Waals surface area contributed by atoms with E-state index in [9.17, 15) is 14.0 Å². The van der Waals surface area contributed by atoms with Gasteiger partial charge in [-0.2, -0.15) is 0 Å². The summed E-state index contributed by atoms with van der Waals surface area (Å²) in [6.45, 7) is 0.176. The fourth-order valence-electron chi connectivity index (χ4n) is 1.66. The van der Waals surface area contributed by atoms with Gasteiger partial charge >= 0.3 is 0 Å². The van der Waals surface area contributed by atoms with Gasteiger partial charge in [-0.25, -0.2) is 8.78 Å². The van der Waals surface area contributed by atoms with Crippen LogP contribution in [0.2, 0.25) is 0 Å². The Labute approximate surface area is 92.4 Å². The average Bonchev–Trinajstić information content (AvgIpc) is 2.12. The number of benzene rings is 1. The van der Waals surface area contributed by atoms with Crippen LogP contribution in [0.15, 0.2) is 30.1 Å². The Kier molecular flexibility index (Phi) is 2.44. The third-order valence-corrected chi connectivity index (χ3v) is 2.65. The number of hydrogen-bond acceptors (Lipinski definition) is 2. The van der Waals surface area contributed by atoms with Gasteiger partial charge in [0.2, 0.25) is 0 Å². The number of hydrogen-bond donors (Lipinski definition) is 0. The lowest BCUT2D eigenvalue weighted by Gasteiger charge is -2.46. The second-order valence-corrected chi connectivity index (χ2v) is 4.06. The Morgan fingerprint density at radius 2 is 1.94 bits per heavy atom. The molecular weight excluding hydrogens is 214 g/mol. The molecule has 16 heavy (non-hydrogen) atoms. The Morgan fingerprint density at radius 3 is 2.44 bits per heavy atom. The number of hydroxylamine groups is 2. The summed E-state index contributed by atoms with van der Waals surface area (Å²) in [4.78, 5) is 1.80.